The highest BCUT2D eigenvalue weighted by atomic mass is 32.1. The second-order valence-electron chi connectivity index (χ2n) is 4.21. The first-order valence-electron chi connectivity index (χ1n) is 5.73. The molecule has 0 aliphatic rings. The van der Waals surface area contributed by atoms with Crippen molar-refractivity contribution < 1.29 is 0 Å². The van der Waals surface area contributed by atoms with E-state index in [0.29, 0.717) is 0 Å². The Hall–Kier alpha value is -0.300. The third-order valence-electron chi connectivity index (χ3n) is 2.93. The predicted molar refractivity (Wildman–Crippen MR) is 66.2 cm³/mol. The maximum atomic E-state index is 2.37. The van der Waals surface area contributed by atoms with Crippen molar-refractivity contribution in [2.45, 2.75) is 53.4 Å². The SMILES string of the molecule is CCCC(CC)Cc1cc(C)sc1C. The summed E-state index contributed by atoms with van der Waals surface area (Å²) in [6, 6.07) is 2.37. The minimum atomic E-state index is 0.896. The van der Waals surface area contributed by atoms with Crippen molar-refractivity contribution in [2.24, 2.45) is 5.92 Å². The Balaban J connectivity index is 2.61. The lowest BCUT2D eigenvalue weighted by Gasteiger charge is -2.13. The van der Waals surface area contributed by atoms with E-state index < -0.39 is 0 Å². The zero-order valence-electron chi connectivity index (χ0n) is 9.89. The Morgan fingerprint density at radius 3 is 2.43 bits per heavy atom. The molecule has 0 amide bonds. The summed E-state index contributed by atoms with van der Waals surface area (Å²) in [4.78, 5) is 2.99. The van der Waals surface area contributed by atoms with E-state index in [-0.39, 0.29) is 0 Å². The smallest absolute Gasteiger partial charge is 0.00491 e. The molecular formula is C13H22S. The lowest BCUT2D eigenvalue weighted by Crippen LogP contribution is -2.02. The van der Waals surface area contributed by atoms with E-state index in [1.165, 1.54) is 35.4 Å². The van der Waals surface area contributed by atoms with E-state index in [1.807, 2.05) is 11.3 Å². The Bertz CT molecular complexity index is 273. The van der Waals surface area contributed by atoms with E-state index >= 15 is 0 Å². The fourth-order valence-corrected chi connectivity index (χ4v) is 3.01. The highest BCUT2D eigenvalue weighted by Gasteiger charge is 2.09. The highest BCUT2D eigenvalue weighted by molar-refractivity contribution is 7.12. The molecule has 1 heteroatoms. The van der Waals surface area contributed by atoms with Gasteiger partial charge in [0.1, 0.15) is 0 Å². The molecule has 0 bridgehead atoms. The van der Waals surface area contributed by atoms with Crippen LogP contribution in [0.25, 0.3) is 0 Å². The summed E-state index contributed by atoms with van der Waals surface area (Å²) in [6.45, 7) is 9.07. The van der Waals surface area contributed by atoms with Gasteiger partial charge in [-0.2, -0.15) is 0 Å². The molecule has 80 valence electrons. The fraction of sp³-hybridized carbons (Fsp3) is 0.692. The van der Waals surface area contributed by atoms with Crippen molar-refractivity contribution in [1.29, 1.82) is 0 Å². The zero-order valence-corrected chi connectivity index (χ0v) is 10.7. The van der Waals surface area contributed by atoms with Crippen molar-refractivity contribution in [2.75, 3.05) is 0 Å². The van der Waals surface area contributed by atoms with Gasteiger partial charge in [0.15, 0.2) is 0 Å². The first-order chi connectivity index (χ1) is 6.67. The quantitative estimate of drug-likeness (QED) is 0.659. The highest BCUT2D eigenvalue weighted by Crippen LogP contribution is 2.25. The van der Waals surface area contributed by atoms with Gasteiger partial charge in [0.05, 0.1) is 0 Å². The lowest BCUT2D eigenvalue weighted by atomic mass is 9.93. The van der Waals surface area contributed by atoms with E-state index in [1.54, 1.807) is 5.56 Å². The summed E-state index contributed by atoms with van der Waals surface area (Å²) in [5, 5.41) is 0. The van der Waals surface area contributed by atoms with Gasteiger partial charge in [-0.25, -0.2) is 0 Å². The molecule has 1 aromatic rings. The molecule has 0 fully saturated rings. The van der Waals surface area contributed by atoms with Crippen LogP contribution in [0.4, 0.5) is 0 Å². The fourth-order valence-electron chi connectivity index (χ4n) is 2.06. The van der Waals surface area contributed by atoms with Gasteiger partial charge in [0.2, 0.25) is 0 Å². The van der Waals surface area contributed by atoms with Crippen molar-refractivity contribution in [3.63, 3.8) is 0 Å². The van der Waals surface area contributed by atoms with Crippen LogP contribution < -0.4 is 0 Å². The largest absolute Gasteiger partial charge is 0.146 e. The van der Waals surface area contributed by atoms with Crippen LogP contribution in [0.1, 0.15) is 48.4 Å². The van der Waals surface area contributed by atoms with Gasteiger partial charge in [-0.15, -0.1) is 11.3 Å². The van der Waals surface area contributed by atoms with Gasteiger partial charge in [0, 0.05) is 9.75 Å². The normalized spacial score (nSPS) is 13.1. The molecule has 0 saturated heterocycles. The second kappa shape index (κ2) is 5.55. The molecule has 0 aromatic carbocycles. The van der Waals surface area contributed by atoms with Gasteiger partial charge in [-0.05, 0) is 37.8 Å². The zero-order chi connectivity index (χ0) is 10.6. The summed E-state index contributed by atoms with van der Waals surface area (Å²) in [6.07, 6.45) is 5.31. The molecule has 1 atom stereocenters. The molecule has 1 heterocycles. The van der Waals surface area contributed by atoms with Gasteiger partial charge < -0.3 is 0 Å². The minimum absolute atomic E-state index is 0.896. The third-order valence-corrected chi connectivity index (χ3v) is 3.93. The van der Waals surface area contributed by atoms with Gasteiger partial charge in [0.25, 0.3) is 0 Å². The molecule has 1 rings (SSSR count). The molecule has 1 aromatic heterocycles. The number of hydrogen-bond acceptors (Lipinski definition) is 1. The molecule has 0 N–H and O–H groups in total. The molecule has 1 unspecified atom stereocenters. The summed E-state index contributed by atoms with van der Waals surface area (Å²) < 4.78 is 0. The Morgan fingerprint density at radius 2 is 2.00 bits per heavy atom. The minimum Gasteiger partial charge on any atom is -0.146 e. The molecular weight excluding hydrogens is 188 g/mol. The second-order valence-corrected chi connectivity index (χ2v) is 5.67. The molecule has 0 spiro atoms. The van der Waals surface area contributed by atoms with Gasteiger partial charge in [-0.1, -0.05) is 33.1 Å². The average molecular weight is 210 g/mol. The summed E-state index contributed by atoms with van der Waals surface area (Å²) >= 11 is 1.94. The number of hydrogen-bond donors (Lipinski definition) is 0. The number of rotatable bonds is 5. The van der Waals surface area contributed by atoms with Crippen LogP contribution in [-0.2, 0) is 6.42 Å². The van der Waals surface area contributed by atoms with Crippen LogP contribution >= 0.6 is 11.3 Å². The lowest BCUT2D eigenvalue weighted by molar-refractivity contribution is 0.462. The first kappa shape index (κ1) is 11.8. The molecule has 0 aliphatic heterocycles. The molecule has 0 saturated carbocycles. The Labute approximate surface area is 92.4 Å². The predicted octanol–water partition coefficient (Wildman–Crippen LogP) is 4.73. The third kappa shape index (κ3) is 3.13. The summed E-state index contributed by atoms with van der Waals surface area (Å²) in [7, 11) is 0. The molecule has 0 nitrogen and oxygen atoms in total. The topological polar surface area (TPSA) is 0 Å². The van der Waals surface area contributed by atoms with E-state index in [4.69, 9.17) is 0 Å². The standard InChI is InChI=1S/C13H22S/c1-5-7-12(6-2)9-13-8-10(3)14-11(13)4/h8,12H,5-7,9H2,1-4H3. The van der Waals surface area contributed by atoms with Crippen LogP contribution in [0.15, 0.2) is 6.07 Å². The van der Waals surface area contributed by atoms with E-state index in [9.17, 15) is 0 Å². The first-order valence-corrected chi connectivity index (χ1v) is 6.54. The Morgan fingerprint density at radius 1 is 1.29 bits per heavy atom. The maximum absolute atomic E-state index is 2.37. The van der Waals surface area contributed by atoms with Gasteiger partial charge in [-0.3, -0.25) is 0 Å². The molecule has 0 aliphatic carbocycles. The number of aryl methyl sites for hydroxylation is 2. The summed E-state index contributed by atoms with van der Waals surface area (Å²) in [5.41, 5.74) is 1.59. The van der Waals surface area contributed by atoms with Crippen molar-refractivity contribution in [3.8, 4) is 0 Å². The van der Waals surface area contributed by atoms with Crippen LogP contribution in [0, 0.1) is 19.8 Å². The van der Waals surface area contributed by atoms with Crippen LogP contribution in [-0.4, -0.2) is 0 Å². The van der Waals surface area contributed by atoms with E-state index in [2.05, 4.69) is 33.8 Å². The number of thiophene rings is 1. The Kier molecular flexibility index (Phi) is 4.67. The van der Waals surface area contributed by atoms with E-state index in [0.717, 1.165) is 5.92 Å². The molecule has 0 radical (unpaired) electrons. The monoisotopic (exact) mass is 210 g/mol. The maximum Gasteiger partial charge on any atom is 0.00491 e. The average Bonchev–Trinajstić information content (AvgIpc) is 2.44. The van der Waals surface area contributed by atoms with Crippen LogP contribution in [0.5, 0.6) is 0 Å². The van der Waals surface area contributed by atoms with Gasteiger partial charge >= 0.3 is 0 Å². The molecule has 14 heavy (non-hydrogen) atoms. The van der Waals surface area contributed by atoms with Crippen molar-refractivity contribution in [1.82, 2.24) is 0 Å². The van der Waals surface area contributed by atoms with Crippen LogP contribution in [0.2, 0.25) is 0 Å². The van der Waals surface area contributed by atoms with Crippen molar-refractivity contribution in [3.05, 3.63) is 21.4 Å². The van der Waals surface area contributed by atoms with Crippen LogP contribution in [0.3, 0.4) is 0 Å². The van der Waals surface area contributed by atoms with Crippen molar-refractivity contribution >= 4 is 11.3 Å². The summed E-state index contributed by atoms with van der Waals surface area (Å²) in [5.74, 6) is 0.896.